The van der Waals surface area contributed by atoms with Gasteiger partial charge in [-0.1, -0.05) is 54.1 Å². The highest BCUT2D eigenvalue weighted by Crippen LogP contribution is 2.22. The van der Waals surface area contributed by atoms with Crippen molar-refractivity contribution in [3.05, 3.63) is 102 Å². The largest absolute Gasteiger partial charge is 0.484 e. The van der Waals surface area contributed by atoms with E-state index in [1.807, 2.05) is 30.3 Å². The Kier molecular flexibility index (Phi) is 7.90. The molecule has 3 amide bonds. The molecule has 4 aromatic rings. The summed E-state index contributed by atoms with van der Waals surface area (Å²) in [7, 11) is 0. The van der Waals surface area contributed by atoms with Crippen LogP contribution >= 0.6 is 11.6 Å². The lowest BCUT2D eigenvalue weighted by atomic mass is 10.1. The van der Waals surface area contributed by atoms with Gasteiger partial charge in [0.15, 0.2) is 6.61 Å². The fourth-order valence-corrected chi connectivity index (χ4v) is 3.48. The lowest BCUT2D eigenvalue weighted by molar-refractivity contribution is -0.136. The Bertz CT molecular complexity index is 1430. The molecule has 4 rings (SSSR count). The van der Waals surface area contributed by atoms with E-state index in [0.29, 0.717) is 27.7 Å². The number of benzene rings is 4. The summed E-state index contributed by atoms with van der Waals surface area (Å²) in [6.45, 7) is -0.179. The smallest absolute Gasteiger partial charge is 0.329 e. The zero-order valence-corrected chi connectivity index (χ0v) is 19.7. The Morgan fingerprint density at radius 3 is 2.39 bits per heavy atom. The molecule has 4 aromatic carbocycles. The number of rotatable bonds is 7. The molecule has 0 unspecified atom stereocenters. The molecule has 0 saturated carbocycles. The molecular formula is C27H21ClN4O4. The van der Waals surface area contributed by atoms with Gasteiger partial charge < -0.3 is 15.4 Å². The maximum atomic E-state index is 12.2. The standard InChI is InChI=1S/C27H21ClN4O4/c28-20-7-4-8-21(15-20)30-25(33)17-36-22-13-11-18(12-14-22)16-29-32-27(35)26(34)31-24-10-3-6-19-5-1-2-9-23(19)24/h1-16H,17H2,(H,30,33)(H,31,34)(H,32,35)/b29-16-. The van der Waals surface area contributed by atoms with Gasteiger partial charge in [0.25, 0.3) is 5.91 Å². The number of carbonyl (C=O) groups excluding carboxylic acids is 3. The highest BCUT2D eigenvalue weighted by molar-refractivity contribution is 6.40. The van der Waals surface area contributed by atoms with Gasteiger partial charge in [0.1, 0.15) is 5.75 Å². The fourth-order valence-electron chi connectivity index (χ4n) is 3.29. The predicted molar refractivity (Wildman–Crippen MR) is 140 cm³/mol. The van der Waals surface area contributed by atoms with E-state index in [0.717, 1.165) is 10.8 Å². The summed E-state index contributed by atoms with van der Waals surface area (Å²) in [5, 5.41) is 11.4. The average Bonchev–Trinajstić information content (AvgIpc) is 2.88. The number of carbonyl (C=O) groups is 3. The zero-order valence-electron chi connectivity index (χ0n) is 18.9. The van der Waals surface area contributed by atoms with Crippen molar-refractivity contribution in [3.8, 4) is 5.75 Å². The van der Waals surface area contributed by atoms with Gasteiger partial charge in [-0.05, 0) is 59.5 Å². The molecule has 0 radical (unpaired) electrons. The van der Waals surface area contributed by atoms with Crippen LogP contribution in [0.4, 0.5) is 11.4 Å². The van der Waals surface area contributed by atoms with Gasteiger partial charge in [-0.15, -0.1) is 0 Å². The normalized spacial score (nSPS) is 10.7. The fraction of sp³-hybridized carbons (Fsp3) is 0.0370. The summed E-state index contributed by atoms with van der Waals surface area (Å²) in [5.74, 6) is -1.58. The van der Waals surface area contributed by atoms with E-state index >= 15 is 0 Å². The van der Waals surface area contributed by atoms with E-state index in [-0.39, 0.29) is 12.5 Å². The molecule has 0 aliphatic rings. The van der Waals surface area contributed by atoms with Crippen molar-refractivity contribution >= 4 is 57.7 Å². The van der Waals surface area contributed by atoms with Gasteiger partial charge >= 0.3 is 11.8 Å². The first-order chi connectivity index (χ1) is 17.5. The van der Waals surface area contributed by atoms with Crippen LogP contribution in [0, 0.1) is 0 Å². The lowest BCUT2D eigenvalue weighted by Crippen LogP contribution is -2.32. The minimum atomic E-state index is -0.898. The number of nitrogens with one attached hydrogen (secondary N) is 3. The van der Waals surface area contributed by atoms with Crippen molar-refractivity contribution in [2.75, 3.05) is 17.2 Å². The van der Waals surface area contributed by atoms with Crippen LogP contribution in [0.15, 0.2) is 96.1 Å². The Balaban J connectivity index is 1.24. The van der Waals surface area contributed by atoms with Crippen LogP contribution < -0.4 is 20.8 Å². The molecule has 0 atom stereocenters. The van der Waals surface area contributed by atoms with E-state index in [2.05, 4.69) is 21.2 Å². The van der Waals surface area contributed by atoms with Crippen molar-refractivity contribution in [2.45, 2.75) is 0 Å². The van der Waals surface area contributed by atoms with Crippen molar-refractivity contribution in [1.29, 1.82) is 0 Å². The summed E-state index contributed by atoms with van der Waals surface area (Å²) in [6.07, 6.45) is 1.39. The van der Waals surface area contributed by atoms with Crippen molar-refractivity contribution in [1.82, 2.24) is 5.43 Å². The number of hydrogen-bond donors (Lipinski definition) is 3. The van der Waals surface area contributed by atoms with Crippen LogP contribution in [0.25, 0.3) is 10.8 Å². The number of anilines is 2. The second kappa shape index (κ2) is 11.6. The summed E-state index contributed by atoms with van der Waals surface area (Å²) >= 11 is 5.90. The maximum absolute atomic E-state index is 12.2. The van der Waals surface area contributed by atoms with Gasteiger partial charge in [-0.2, -0.15) is 5.10 Å². The topological polar surface area (TPSA) is 109 Å². The number of hydrogen-bond acceptors (Lipinski definition) is 5. The molecule has 36 heavy (non-hydrogen) atoms. The minimum absolute atomic E-state index is 0.179. The Morgan fingerprint density at radius 1 is 0.833 bits per heavy atom. The molecule has 8 nitrogen and oxygen atoms in total. The Labute approximate surface area is 211 Å². The van der Waals surface area contributed by atoms with E-state index in [1.54, 1.807) is 60.7 Å². The van der Waals surface area contributed by atoms with Crippen molar-refractivity contribution in [3.63, 3.8) is 0 Å². The third-order valence-electron chi connectivity index (χ3n) is 4.98. The van der Waals surface area contributed by atoms with Gasteiger partial charge in [0, 0.05) is 21.8 Å². The van der Waals surface area contributed by atoms with Crippen molar-refractivity contribution < 1.29 is 19.1 Å². The van der Waals surface area contributed by atoms with E-state index < -0.39 is 11.8 Å². The summed E-state index contributed by atoms with van der Waals surface area (Å²) in [6, 6.07) is 26.5. The van der Waals surface area contributed by atoms with Gasteiger partial charge in [0.2, 0.25) is 0 Å². The summed E-state index contributed by atoms with van der Waals surface area (Å²) < 4.78 is 5.47. The van der Waals surface area contributed by atoms with Crippen molar-refractivity contribution in [2.24, 2.45) is 5.10 Å². The SMILES string of the molecule is O=C(COc1ccc(/C=N\NC(=O)C(=O)Nc2cccc3ccccc23)cc1)Nc1cccc(Cl)c1. The van der Waals surface area contributed by atoms with Gasteiger partial charge in [-0.25, -0.2) is 5.43 Å². The molecule has 9 heteroatoms. The predicted octanol–water partition coefficient (Wildman–Crippen LogP) is 4.60. The molecular weight excluding hydrogens is 480 g/mol. The van der Waals surface area contributed by atoms with Crippen LogP contribution in [0.5, 0.6) is 5.75 Å². The molecule has 3 N–H and O–H groups in total. The van der Waals surface area contributed by atoms with Gasteiger partial charge in [0.05, 0.1) is 6.21 Å². The lowest BCUT2D eigenvalue weighted by Gasteiger charge is -2.08. The van der Waals surface area contributed by atoms with E-state index in [1.165, 1.54) is 6.21 Å². The second-order valence-corrected chi connectivity index (χ2v) is 8.03. The minimum Gasteiger partial charge on any atom is -0.484 e. The molecule has 0 bridgehead atoms. The molecule has 180 valence electrons. The molecule has 0 aromatic heterocycles. The van der Waals surface area contributed by atoms with E-state index in [9.17, 15) is 14.4 Å². The molecule has 0 heterocycles. The molecule has 0 aliphatic heterocycles. The van der Waals surface area contributed by atoms with Crippen LogP contribution in [-0.4, -0.2) is 30.5 Å². The third kappa shape index (κ3) is 6.68. The Morgan fingerprint density at radius 2 is 1.58 bits per heavy atom. The monoisotopic (exact) mass is 500 g/mol. The van der Waals surface area contributed by atoms with Crippen LogP contribution in [0.3, 0.4) is 0 Å². The van der Waals surface area contributed by atoms with E-state index in [4.69, 9.17) is 16.3 Å². The second-order valence-electron chi connectivity index (χ2n) is 7.60. The number of amides is 3. The highest BCUT2D eigenvalue weighted by Gasteiger charge is 2.14. The highest BCUT2D eigenvalue weighted by atomic mass is 35.5. The number of halogens is 1. The van der Waals surface area contributed by atoms with Crippen LogP contribution in [0.1, 0.15) is 5.56 Å². The summed E-state index contributed by atoms with van der Waals surface area (Å²) in [4.78, 5) is 36.4. The number of nitrogens with zero attached hydrogens (tertiary/aromatic N) is 1. The first-order valence-corrected chi connectivity index (χ1v) is 11.3. The Hall–Kier alpha value is -4.69. The number of fused-ring (bicyclic) bond motifs is 1. The first kappa shape index (κ1) is 24.4. The number of hydrazone groups is 1. The van der Waals surface area contributed by atoms with Crippen LogP contribution in [0.2, 0.25) is 5.02 Å². The average molecular weight is 501 g/mol. The first-order valence-electron chi connectivity index (χ1n) is 10.9. The molecule has 0 aliphatic carbocycles. The molecule has 0 saturated heterocycles. The molecule has 0 spiro atoms. The van der Waals surface area contributed by atoms with Crippen LogP contribution in [-0.2, 0) is 14.4 Å². The number of ether oxygens (including phenoxy) is 1. The maximum Gasteiger partial charge on any atom is 0.329 e. The quantitative estimate of drug-likeness (QED) is 0.196. The third-order valence-corrected chi connectivity index (χ3v) is 5.22. The summed E-state index contributed by atoms with van der Waals surface area (Å²) in [5.41, 5.74) is 3.97. The van der Waals surface area contributed by atoms with Gasteiger partial charge in [-0.3, -0.25) is 14.4 Å². The molecule has 0 fully saturated rings. The zero-order chi connectivity index (χ0) is 25.3.